The van der Waals surface area contributed by atoms with Gasteiger partial charge in [0.2, 0.25) is 0 Å². The third kappa shape index (κ3) is 5.85. The molecule has 0 bridgehead atoms. The molecule has 30 heavy (non-hydrogen) atoms. The molecule has 1 saturated heterocycles. The van der Waals surface area contributed by atoms with Crippen LogP contribution in [0, 0.1) is 20.8 Å². The second-order valence-electron chi connectivity index (χ2n) is 7.62. The number of ether oxygens (including phenoxy) is 2. The van der Waals surface area contributed by atoms with Gasteiger partial charge in [0.15, 0.2) is 5.96 Å². The summed E-state index contributed by atoms with van der Waals surface area (Å²) in [6.07, 6.45) is 1.90. The summed E-state index contributed by atoms with van der Waals surface area (Å²) in [5.74, 6) is 1.74. The largest absolute Gasteiger partial charge is 0.496 e. The molecule has 2 aromatic rings. The first-order valence-electron chi connectivity index (χ1n) is 10.1. The highest BCUT2D eigenvalue weighted by Gasteiger charge is 2.37. The van der Waals surface area contributed by atoms with E-state index in [4.69, 9.17) is 9.47 Å². The molecule has 2 N–H and O–H groups in total. The lowest BCUT2D eigenvalue weighted by Gasteiger charge is -2.39. The van der Waals surface area contributed by atoms with E-state index in [-0.39, 0.29) is 29.4 Å². The zero-order chi connectivity index (χ0) is 20.9. The van der Waals surface area contributed by atoms with Crippen LogP contribution in [0.2, 0.25) is 0 Å². The van der Waals surface area contributed by atoms with Gasteiger partial charge in [-0.05, 0) is 39.7 Å². The lowest BCUT2D eigenvalue weighted by molar-refractivity contribution is 0.0505. The van der Waals surface area contributed by atoms with Crippen molar-refractivity contribution in [3.63, 3.8) is 0 Å². The van der Waals surface area contributed by atoms with Crippen LogP contribution in [0.15, 0.2) is 23.2 Å². The van der Waals surface area contributed by atoms with Gasteiger partial charge in [-0.2, -0.15) is 0 Å². The van der Waals surface area contributed by atoms with Gasteiger partial charge in [0.25, 0.3) is 0 Å². The van der Waals surface area contributed by atoms with Crippen LogP contribution < -0.4 is 15.4 Å². The molecule has 1 fully saturated rings. The van der Waals surface area contributed by atoms with Gasteiger partial charge in [0, 0.05) is 42.7 Å². The highest BCUT2D eigenvalue weighted by molar-refractivity contribution is 14.0. The summed E-state index contributed by atoms with van der Waals surface area (Å²) >= 11 is 1.73. The molecule has 2 heterocycles. The zero-order valence-corrected chi connectivity index (χ0v) is 21.6. The molecule has 1 aromatic carbocycles. The molecule has 1 aliphatic rings. The fourth-order valence-corrected chi connectivity index (χ4v) is 4.79. The van der Waals surface area contributed by atoms with Crippen LogP contribution in [0.3, 0.4) is 0 Å². The number of hydrogen-bond acceptors (Lipinski definition) is 5. The van der Waals surface area contributed by atoms with E-state index in [0.29, 0.717) is 0 Å². The first-order valence-corrected chi connectivity index (χ1v) is 10.9. The average molecular weight is 545 g/mol. The number of hydrogen-bond donors (Lipinski definition) is 2. The minimum atomic E-state index is -0.0514. The van der Waals surface area contributed by atoms with Crippen molar-refractivity contribution in [3.05, 3.63) is 44.9 Å². The van der Waals surface area contributed by atoms with Crippen LogP contribution in [0.25, 0.3) is 0 Å². The molecule has 6 nitrogen and oxygen atoms in total. The maximum absolute atomic E-state index is 5.71. The molecule has 1 aromatic heterocycles. The number of guanidine groups is 1. The van der Waals surface area contributed by atoms with Crippen LogP contribution >= 0.6 is 35.3 Å². The standard InChI is InChI=1S/C22H32N4O2S.HI/c1-15-6-7-19(27-5)18(12-15)22(8-10-28-11-9-22)14-25-21(23-4)24-13-20-16(2)26-17(3)29-20;/h6-7,12H,8-11,13-14H2,1-5H3,(H2,23,24,25);1H. The Morgan fingerprint density at radius 3 is 2.57 bits per heavy atom. The van der Waals surface area contributed by atoms with E-state index in [1.54, 1.807) is 18.4 Å². The fraction of sp³-hybridized carbons (Fsp3) is 0.545. The van der Waals surface area contributed by atoms with E-state index >= 15 is 0 Å². The highest BCUT2D eigenvalue weighted by atomic mass is 127. The van der Waals surface area contributed by atoms with Crippen LogP contribution in [0.4, 0.5) is 0 Å². The molecule has 166 valence electrons. The summed E-state index contributed by atoms with van der Waals surface area (Å²) in [4.78, 5) is 10.2. The maximum Gasteiger partial charge on any atom is 0.191 e. The number of nitrogens with one attached hydrogen (secondary N) is 2. The summed E-state index contributed by atoms with van der Waals surface area (Å²) in [5.41, 5.74) is 3.52. The number of halogens is 1. The molecule has 0 unspecified atom stereocenters. The second-order valence-corrected chi connectivity index (χ2v) is 8.90. The number of aromatic nitrogens is 1. The summed E-state index contributed by atoms with van der Waals surface area (Å²) in [6.45, 7) is 9.23. The van der Waals surface area contributed by atoms with Gasteiger partial charge in [-0.3, -0.25) is 4.99 Å². The molecule has 3 rings (SSSR count). The number of aliphatic imine (C=N–C) groups is 1. The van der Waals surface area contributed by atoms with Crippen molar-refractivity contribution in [2.45, 2.75) is 45.6 Å². The van der Waals surface area contributed by atoms with Crippen molar-refractivity contribution in [2.24, 2.45) is 4.99 Å². The molecule has 0 amide bonds. The number of rotatable bonds is 6. The lowest BCUT2D eigenvalue weighted by Crippen LogP contribution is -2.48. The topological polar surface area (TPSA) is 67.8 Å². The van der Waals surface area contributed by atoms with Gasteiger partial charge in [-0.25, -0.2) is 4.98 Å². The Hall–Kier alpha value is -1.39. The Kier molecular flexibility index (Phi) is 9.36. The van der Waals surface area contributed by atoms with Gasteiger partial charge < -0.3 is 20.1 Å². The number of nitrogens with zero attached hydrogens (tertiary/aromatic N) is 2. The van der Waals surface area contributed by atoms with Gasteiger partial charge in [-0.15, -0.1) is 35.3 Å². The van der Waals surface area contributed by atoms with Crippen molar-refractivity contribution < 1.29 is 9.47 Å². The zero-order valence-electron chi connectivity index (χ0n) is 18.5. The van der Waals surface area contributed by atoms with Gasteiger partial charge in [-0.1, -0.05) is 17.7 Å². The SMILES string of the molecule is CN=C(NCc1sc(C)nc1C)NCC1(c2cc(C)ccc2OC)CCOCC1.I. The molecule has 0 atom stereocenters. The fourth-order valence-electron chi connectivity index (χ4n) is 3.91. The molecule has 8 heteroatoms. The van der Waals surface area contributed by atoms with Gasteiger partial charge in [0.05, 0.1) is 24.4 Å². The summed E-state index contributed by atoms with van der Waals surface area (Å²) in [6, 6.07) is 6.43. The first-order chi connectivity index (χ1) is 14.0. The Labute approximate surface area is 200 Å². The maximum atomic E-state index is 5.71. The Balaban J connectivity index is 0.00000320. The normalized spacial score (nSPS) is 16.0. The molecule has 0 radical (unpaired) electrons. The smallest absolute Gasteiger partial charge is 0.191 e. The Bertz CT molecular complexity index is 863. The summed E-state index contributed by atoms with van der Waals surface area (Å²) < 4.78 is 11.4. The van der Waals surface area contributed by atoms with E-state index < -0.39 is 0 Å². The van der Waals surface area contributed by atoms with E-state index in [0.717, 1.165) is 61.6 Å². The predicted molar refractivity (Wildman–Crippen MR) is 135 cm³/mol. The van der Waals surface area contributed by atoms with Crippen molar-refractivity contribution >= 4 is 41.3 Å². The quantitative estimate of drug-likeness (QED) is 0.326. The van der Waals surface area contributed by atoms with Crippen LogP contribution in [0.1, 0.15) is 39.5 Å². The van der Waals surface area contributed by atoms with E-state index in [2.05, 4.69) is 52.7 Å². The summed E-state index contributed by atoms with van der Waals surface area (Å²) in [7, 11) is 3.55. The average Bonchev–Trinajstić information content (AvgIpc) is 3.05. The van der Waals surface area contributed by atoms with Crippen molar-refractivity contribution in [3.8, 4) is 5.75 Å². The monoisotopic (exact) mass is 544 g/mol. The Morgan fingerprint density at radius 1 is 1.23 bits per heavy atom. The number of thiazole rings is 1. The van der Waals surface area contributed by atoms with Crippen LogP contribution in [-0.2, 0) is 16.7 Å². The van der Waals surface area contributed by atoms with Crippen molar-refractivity contribution in [1.29, 1.82) is 0 Å². The summed E-state index contributed by atoms with van der Waals surface area (Å²) in [5, 5.41) is 8.09. The van der Waals surface area contributed by atoms with E-state index in [1.165, 1.54) is 16.0 Å². The molecule has 1 aliphatic heterocycles. The molecule has 0 spiro atoms. The number of benzene rings is 1. The van der Waals surface area contributed by atoms with Crippen LogP contribution in [-0.4, -0.2) is 44.9 Å². The van der Waals surface area contributed by atoms with Crippen molar-refractivity contribution in [1.82, 2.24) is 15.6 Å². The van der Waals surface area contributed by atoms with Crippen LogP contribution in [0.5, 0.6) is 5.75 Å². The lowest BCUT2D eigenvalue weighted by atomic mass is 9.73. The van der Waals surface area contributed by atoms with Gasteiger partial charge in [0.1, 0.15) is 5.75 Å². The highest BCUT2D eigenvalue weighted by Crippen LogP contribution is 2.40. The third-order valence-electron chi connectivity index (χ3n) is 5.61. The van der Waals surface area contributed by atoms with Crippen molar-refractivity contribution in [2.75, 3.05) is 33.9 Å². The molecular weight excluding hydrogens is 511 g/mol. The Morgan fingerprint density at radius 2 is 1.97 bits per heavy atom. The van der Waals surface area contributed by atoms with Gasteiger partial charge >= 0.3 is 0 Å². The number of methoxy groups -OCH3 is 1. The first kappa shape index (κ1) is 24.9. The van der Waals surface area contributed by atoms with E-state index in [1.807, 2.05) is 14.0 Å². The molecule has 0 aliphatic carbocycles. The second kappa shape index (κ2) is 11.3. The molecular formula is C22H33IN4O2S. The van der Waals surface area contributed by atoms with E-state index in [9.17, 15) is 0 Å². The third-order valence-corrected chi connectivity index (χ3v) is 6.68. The number of aryl methyl sites for hydroxylation is 3. The minimum absolute atomic E-state index is 0. The molecule has 0 saturated carbocycles. The predicted octanol–water partition coefficient (Wildman–Crippen LogP) is 4.11. The minimum Gasteiger partial charge on any atom is -0.496 e.